The molecule has 0 aliphatic heterocycles. The van der Waals surface area contributed by atoms with Crippen molar-refractivity contribution in [1.29, 1.82) is 0 Å². The summed E-state index contributed by atoms with van der Waals surface area (Å²) >= 11 is 0. The molecule has 1 amide bonds. The summed E-state index contributed by atoms with van der Waals surface area (Å²) in [5.41, 5.74) is 0.325. The standard InChI is InChI=1S/C15H21NO4/c1-15(2,3)14(19)16-12(13(17)18)10-20-9-11-7-5-4-6-8-11/h4-8,12H,9-10H2,1-3H3,(H,16,19)(H,17,18). The Labute approximate surface area is 118 Å². The Kier molecular flexibility index (Phi) is 5.70. The zero-order valence-electron chi connectivity index (χ0n) is 12.1. The summed E-state index contributed by atoms with van der Waals surface area (Å²) in [6, 6.07) is 8.41. The van der Waals surface area contributed by atoms with Crippen molar-refractivity contribution in [2.75, 3.05) is 6.61 Å². The van der Waals surface area contributed by atoms with Crippen molar-refractivity contribution in [3.63, 3.8) is 0 Å². The number of nitrogens with one attached hydrogen (secondary N) is 1. The van der Waals surface area contributed by atoms with Gasteiger partial charge in [0.15, 0.2) is 6.04 Å². The van der Waals surface area contributed by atoms with E-state index in [0.717, 1.165) is 5.56 Å². The van der Waals surface area contributed by atoms with E-state index in [1.165, 1.54) is 0 Å². The van der Waals surface area contributed by atoms with Gasteiger partial charge in [-0.2, -0.15) is 0 Å². The molecular weight excluding hydrogens is 258 g/mol. The van der Waals surface area contributed by atoms with Gasteiger partial charge in [-0.15, -0.1) is 0 Å². The SMILES string of the molecule is CC(C)(C)C(=O)NC(COCc1ccccc1)C(=O)O. The highest BCUT2D eigenvalue weighted by Gasteiger charge is 2.27. The van der Waals surface area contributed by atoms with E-state index >= 15 is 0 Å². The number of rotatable bonds is 6. The van der Waals surface area contributed by atoms with Gasteiger partial charge in [-0.25, -0.2) is 4.79 Å². The van der Waals surface area contributed by atoms with Crippen molar-refractivity contribution in [2.24, 2.45) is 5.41 Å². The summed E-state index contributed by atoms with van der Waals surface area (Å²) in [6.45, 7) is 5.44. The van der Waals surface area contributed by atoms with Crippen LogP contribution in [0.5, 0.6) is 0 Å². The van der Waals surface area contributed by atoms with Crippen LogP contribution in [0.4, 0.5) is 0 Å². The fraction of sp³-hybridized carbons (Fsp3) is 0.467. The summed E-state index contributed by atoms with van der Waals surface area (Å²) in [7, 11) is 0. The van der Waals surface area contributed by atoms with Crippen LogP contribution in [0.1, 0.15) is 26.3 Å². The predicted molar refractivity (Wildman–Crippen MR) is 75.1 cm³/mol. The summed E-state index contributed by atoms with van der Waals surface area (Å²) < 4.78 is 5.36. The average Bonchev–Trinajstić information content (AvgIpc) is 2.37. The number of carboxylic acid groups (broad SMARTS) is 1. The number of carboxylic acids is 1. The lowest BCUT2D eigenvalue weighted by atomic mass is 9.95. The lowest BCUT2D eigenvalue weighted by Crippen LogP contribution is -2.48. The van der Waals surface area contributed by atoms with Crippen LogP contribution in [0.25, 0.3) is 0 Å². The number of carbonyl (C=O) groups excluding carboxylic acids is 1. The van der Waals surface area contributed by atoms with E-state index in [0.29, 0.717) is 6.61 Å². The highest BCUT2D eigenvalue weighted by atomic mass is 16.5. The zero-order chi connectivity index (χ0) is 15.2. The summed E-state index contributed by atoms with van der Waals surface area (Å²) in [5, 5.41) is 11.6. The van der Waals surface area contributed by atoms with Crippen LogP contribution in [0.2, 0.25) is 0 Å². The van der Waals surface area contributed by atoms with Crippen molar-refractivity contribution in [3.05, 3.63) is 35.9 Å². The van der Waals surface area contributed by atoms with Crippen molar-refractivity contribution in [1.82, 2.24) is 5.32 Å². The Morgan fingerprint density at radius 1 is 1.25 bits per heavy atom. The Bertz CT molecular complexity index is 451. The molecule has 1 rings (SSSR count). The molecule has 0 heterocycles. The van der Waals surface area contributed by atoms with Crippen molar-refractivity contribution in [2.45, 2.75) is 33.4 Å². The fourth-order valence-corrected chi connectivity index (χ4v) is 1.42. The number of aliphatic carboxylic acids is 1. The second-order valence-electron chi connectivity index (χ2n) is 5.62. The number of benzene rings is 1. The van der Waals surface area contributed by atoms with Gasteiger partial charge in [0.1, 0.15) is 0 Å². The molecule has 5 nitrogen and oxygen atoms in total. The highest BCUT2D eigenvalue weighted by molar-refractivity contribution is 5.86. The Morgan fingerprint density at radius 2 is 1.85 bits per heavy atom. The summed E-state index contributed by atoms with van der Waals surface area (Å²) in [4.78, 5) is 22.9. The third kappa shape index (κ3) is 5.40. The molecule has 110 valence electrons. The van der Waals surface area contributed by atoms with Gasteiger partial charge in [-0.3, -0.25) is 4.79 Å². The van der Waals surface area contributed by atoms with Crippen molar-refractivity contribution in [3.8, 4) is 0 Å². The van der Waals surface area contributed by atoms with Gasteiger partial charge in [0.25, 0.3) is 0 Å². The molecule has 0 aromatic heterocycles. The fourth-order valence-electron chi connectivity index (χ4n) is 1.42. The normalized spacial score (nSPS) is 12.8. The number of hydrogen-bond donors (Lipinski definition) is 2. The highest BCUT2D eigenvalue weighted by Crippen LogP contribution is 2.13. The van der Waals surface area contributed by atoms with Crippen LogP contribution >= 0.6 is 0 Å². The third-order valence-corrected chi connectivity index (χ3v) is 2.68. The second kappa shape index (κ2) is 7.05. The minimum absolute atomic E-state index is 0.0634. The predicted octanol–water partition coefficient (Wildman–Crippen LogP) is 1.82. The van der Waals surface area contributed by atoms with E-state index in [2.05, 4.69) is 5.32 Å². The third-order valence-electron chi connectivity index (χ3n) is 2.68. The van der Waals surface area contributed by atoms with Gasteiger partial charge in [0.2, 0.25) is 5.91 Å². The number of amides is 1. The van der Waals surface area contributed by atoms with E-state index in [9.17, 15) is 9.59 Å². The first-order valence-corrected chi connectivity index (χ1v) is 6.46. The van der Waals surface area contributed by atoms with E-state index in [-0.39, 0.29) is 12.5 Å². The monoisotopic (exact) mass is 279 g/mol. The first-order chi connectivity index (χ1) is 9.30. The summed E-state index contributed by atoms with van der Waals surface area (Å²) in [6.07, 6.45) is 0. The molecule has 20 heavy (non-hydrogen) atoms. The van der Waals surface area contributed by atoms with E-state index in [1.807, 2.05) is 30.3 Å². The molecule has 0 saturated heterocycles. The van der Waals surface area contributed by atoms with Crippen LogP contribution < -0.4 is 5.32 Å². The van der Waals surface area contributed by atoms with Crippen LogP contribution in [-0.2, 0) is 20.9 Å². The molecule has 0 spiro atoms. The molecule has 5 heteroatoms. The van der Waals surface area contributed by atoms with Crippen molar-refractivity contribution < 1.29 is 19.4 Å². The molecule has 2 N–H and O–H groups in total. The summed E-state index contributed by atoms with van der Waals surface area (Å²) in [5.74, 6) is -1.41. The molecule has 1 atom stereocenters. The van der Waals surface area contributed by atoms with Crippen LogP contribution in [-0.4, -0.2) is 29.6 Å². The average molecular weight is 279 g/mol. The maximum atomic E-state index is 11.8. The molecule has 1 aromatic rings. The first-order valence-electron chi connectivity index (χ1n) is 6.46. The Morgan fingerprint density at radius 3 is 2.35 bits per heavy atom. The minimum atomic E-state index is -1.10. The van der Waals surface area contributed by atoms with E-state index < -0.39 is 17.4 Å². The van der Waals surface area contributed by atoms with E-state index in [4.69, 9.17) is 9.84 Å². The smallest absolute Gasteiger partial charge is 0.328 e. The maximum absolute atomic E-state index is 11.8. The van der Waals surface area contributed by atoms with Gasteiger partial charge >= 0.3 is 5.97 Å². The number of ether oxygens (including phenoxy) is 1. The second-order valence-corrected chi connectivity index (χ2v) is 5.62. The molecule has 0 bridgehead atoms. The largest absolute Gasteiger partial charge is 0.480 e. The molecular formula is C15H21NO4. The topological polar surface area (TPSA) is 75.6 Å². The van der Waals surface area contributed by atoms with Crippen LogP contribution in [0.15, 0.2) is 30.3 Å². The molecule has 0 saturated carbocycles. The number of carbonyl (C=O) groups is 2. The molecule has 0 aliphatic carbocycles. The first kappa shape index (κ1) is 16.2. The molecule has 1 aromatic carbocycles. The van der Waals surface area contributed by atoms with Gasteiger partial charge in [0, 0.05) is 5.41 Å². The molecule has 1 unspecified atom stereocenters. The molecule has 0 fully saturated rings. The maximum Gasteiger partial charge on any atom is 0.328 e. The van der Waals surface area contributed by atoms with Crippen LogP contribution in [0.3, 0.4) is 0 Å². The van der Waals surface area contributed by atoms with Gasteiger partial charge in [-0.05, 0) is 5.56 Å². The Balaban J connectivity index is 2.48. The zero-order valence-corrected chi connectivity index (χ0v) is 12.1. The minimum Gasteiger partial charge on any atom is -0.480 e. The van der Waals surface area contributed by atoms with E-state index in [1.54, 1.807) is 20.8 Å². The quantitative estimate of drug-likeness (QED) is 0.833. The van der Waals surface area contributed by atoms with Gasteiger partial charge in [-0.1, -0.05) is 51.1 Å². The number of hydrogen-bond acceptors (Lipinski definition) is 3. The molecule has 0 radical (unpaired) electrons. The van der Waals surface area contributed by atoms with Crippen molar-refractivity contribution >= 4 is 11.9 Å². The lowest BCUT2D eigenvalue weighted by Gasteiger charge is -2.21. The Hall–Kier alpha value is -1.88. The molecule has 0 aliphatic rings. The van der Waals surface area contributed by atoms with Gasteiger partial charge < -0.3 is 15.2 Å². The lowest BCUT2D eigenvalue weighted by molar-refractivity contribution is -0.145. The van der Waals surface area contributed by atoms with Crippen LogP contribution in [0, 0.1) is 5.41 Å². The van der Waals surface area contributed by atoms with Gasteiger partial charge in [0.05, 0.1) is 13.2 Å².